The maximum Gasteiger partial charge on any atom is 0.253 e. The molecule has 132 valence electrons. The first kappa shape index (κ1) is 16.3. The van der Waals surface area contributed by atoms with Crippen molar-refractivity contribution in [3.8, 4) is 0 Å². The van der Waals surface area contributed by atoms with E-state index in [-0.39, 0.29) is 11.9 Å². The molecule has 0 spiro atoms. The summed E-state index contributed by atoms with van der Waals surface area (Å²) in [7, 11) is 3.54. The lowest BCUT2D eigenvalue weighted by Gasteiger charge is -2.22. The van der Waals surface area contributed by atoms with Crippen LogP contribution >= 0.6 is 0 Å². The number of hydrogen-bond acceptors (Lipinski definition) is 5. The predicted molar refractivity (Wildman–Crippen MR) is 93.1 cm³/mol. The molecule has 0 N–H and O–H groups in total. The van der Waals surface area contributed by atoms with Crippen molar-refractivity contribution in [1.82, 2.24) is 19.9 Å². The van der Waals surface area contributed by atoms with E-state index >= 15 is 0 Å². The van der Waals surface area contributed by atoms with Gasteiger partial charge >= 0.3 is 0 Å². The van der Waals surface area contributed by atoms with E-state index in [4.69, 9.17) is 4.52 Å². The van der Waals surface area contributed by atoms with Crippen LogP contribution in [0.2, 0.25) is 0 Å². The van der Waals surface area contributed by atoms with Gasteiger partial charge < -0.3 is 9.42 Å². The molecule has 1 aliphatic heterocycles. The molecule has 6 heteroatoms. The summed E-state index contributed by atoms with van der Waals surface area (Å²) in [5.74, 6) is 2.18. The summed E-state index contributed by atoms with van der Waals surface area (Å²) < 4.78 is 5.43. The molecule has 1 saturated heterocycles. The van der Waals surface area contributed by atoms with Gasteiger partial charge in [-0.05, 0) is 49.9 Å². The highest BCUT2D eigenvalue weighted by Gasteiger charge is 2.34. The largest absolute Gasteiger partial charge is 0.345 e. The molecule has 6 nitrogen and oxygen atoms in total. The Kier molecular flexibility index (Phi) is 4.29. The summed E-state index contributed by atoms with van der Waals surface area (Å²) in [6.45, 7) is 1.88. The van der Waals surface area contributed by atoms with Gasteiger partial charge in [-0.15, -0.1) is 0 Å². The summed E-state index contributed by atoms with van der Waals surface area (Å²) >= 11 is 0. The Morgan fingerprint density at radius 2 is 2.00 bits per heavy atom. The van der Waals surface area contributed by atoms with Crippen LogP contribution in [0.25, 0.3) is 0 Å². The van der Waals surface area contributed by atoms with Crippen LogP contribution in [0.5, 0.6) is 0 Å². The van der Waals surface area contributed by atoms with Gasteiger partial charge in [0.15, 0.2) is 5.82 Å². The summed E-state index contributed by atoms with van der Waals surface area (Å²) in [6, 6.07) is 8.12. The molecule has 0 radical (unpaired) electrons. The third-order valence-electron chi connectivity index (χ3n) is 5.04. The predicted octanol–water partition coefficient (Wildman–Crippen LogP) is 2.99. The lowest BCUT2D eigenvalue weighted by molar-refractivity contribution is 0.0827. The topological polar surface area (TPSA) is 62.5 Å². The number of rotatable bonds is 5. The van der Waals surface area contributed by atoms with Crippen molar-refractivity contribution in [2.24, 2.45) is 0 Å². The fourth-order valence-electron chi connectivity index (χ4n) is 3.43. The second-order valence-corrected chi connectivity index (χ2v) is 7.29. The third-order valence-corrected chi connectivity index (χ3v) is 5.04. The number of hydrogen-bond donors (Lipinski definition) is 0. The van der Waals surface area contributed by atoms with Crippen molar-refractivity contribution in [3.05, 3.63) is 47.1 Å². The van der Waals surface area contributed by atoms with Crippen LogP contribution in [-0.4, -0.2) is 46.5 Å². The lowest BCUT2D eigenvalue weighted by atomic mass is 10.1. The molecule has 0 bridgehead atoms. The molecule has 1 amide bonds. The molecule has 4 rings (SSSR count). The molecule has 1 aromatic carbocycles. The Hall–Kier alpha value is -2.21. The number of nitrogens with zero attached hydrogens (tertiary/aromatic N) is 4. The quantitative estimate of drug-likeness (QED) is 0.837. The van der Waals surface area contributed by atoms with E-state index in [0.29, 0.717) is 5.92 Å². The molecule has 1 atom stereocenters. The molecule has 1 aromatic heterocycles. The van der Waals surface area contributed by atoms with Crippen molar-refractivity contribution in [1.29, 1.82) is 0 Å². The monoisotopic (exact) mass is 340 g/mol. The lowest BCUT2D eigenvalue weighted by Crippen LogP contribution is -2.24. The molecule has 25 heavy (non-hydrogen) atoms. The van der Waals surface area contributed by atoms with E-state index in [1.165, 1.54) is 18.4 Å². The molecule has 1 unspecified atom stereocenters. The number of benzene rings is 1. The van der Waals surface area contributed by atoms with Crippen molar-refractivity contribution in [3.63, 3.8) is 0 Å². The van der Waals surface area contributed by atoms with Crippen LogP contribution < -0.4 is 0 Å². The van der Waals surface area contributed by atoms with Crippen LogP contribution in [0.1, 0.15) is 65.3 Å². The van der Waals surface area contributed by atoms with Crippen LogP contribution in [0.15, 0.2) is 28.8 Å². The molecule has 2 heterocycles. The van der Waals surface area contributed by atoms with Crippen molar-refractivity contribution in [2.75, 3.05) is 20.6 Å². The second kappa shape index (κ2) is 6.59. The normalized spacial score (nSPS) is 20.8. The van der Waals surface area contributed by atoms with Crippen molar-refractivity contribution in [2.45, 2.75) is 44.2 Å². The first-order valence-corrected chi connectivity index (χ1v) is 9.00. The van der Waals surface area contributed by atoms with Crippen LogP contribution in [-0.2, 0) is 6.54 Å². The number of aromatic nitrogens is 2. The molecular formula is C19H24N4O2. The highest BCUT2D eigenvalue weighted by molar-refractivity contribution is 5.93. The molecule has 2 fully saturated rings. The highest BCUT2D eigenvalue weighted by Crippen LogP contribution is 2.40. The van der Waals surface area contributed by atoms with Crippen molar-refractivity contribution < 1.29 is 9.32 Å². The zero-order valence-electron chi connectivity index (χ0n) is 14.8. The van der Waals surface area contributed by atoms with Gasteiger partial charge in [0.2, 0.25) is 5.89 Å². The Balaban J connectivity index is 1.44. The number of carbonyl (C=O) groups is 1. The molecule has 1 aliphatic carbocycles. The van der Waals surface area contributed by atoms with Crippen LogP contribution in [0.4, 0.5) is 0 Å². The smallest absolute Gasteiger partial charge is 0.253 e. The van der Waals surface area contributed by atoms with Gasteiger partial charge in [-0.1, -0.05) is 17.3 Å². The maximum atomic E-state index is 12.0. The minimum atomic E-state index is 0.0324. The number of amides is 1. The summed E-state index contributed by atoms with van der Waals surface area (Å²) in [5, 5.41) is 4.23. The van der Waals surface area contributed by atoms with Crippen LogP contribution in [0, 0.1) is 0 Å². The summed E-state index contributed by atoms with van der Waals surface area (Å²) in [5.41, 5.74) is 1.92. The van der Waals surface area contributed by atoms with E-state index in [0.717, 1.165) is 43.2 Å². The van der Waals surface area contributed by atoms with Gasteiger partial charge in [0.05, 0.1) is 6.04 Å². The first-order valence-electron chi connectivity index (χ1n) is 9.00. The second-order valence-electron chi connectivity index (χ2n) is 7.29. The summed E-state index contributed by atoms with van der Waals surface area (Å²) in [6.07, 6.45) is 4.57. The first-order chi connectivity index (χ1) is 12.1. The Morgan fingerprint density at radius 3 is 2.68 bits per heavy atom. The fraction of sp³-hybridized carbons (Fsp3) is 0.526. The Bertz CT molecular complexity index is 749. The zero-order chi connectivity index (χ0) is 17.4. The third kappa shape index (κ3) is 3.44. The van der Waals surface area contributed by atoms with Gasteiger partial charge in [0.1, 0.15) is 0 Å². The molecule has 2 aliphatic rings. The average molecular weight is 340 g/mol. The standard InChI is InChI=1S/C19H24N4O2/c1-22(2)19(24)15-7-5-13(6-8-15)12-23-11-3-4-16(23)17-20-18(25-21-17)14-9-10-14/h5-8,14,16H,3-4,9-12H2,1-2H3. The highest BCUT2D eigenvalue weighted by atomic mass is 16.5. The van der Waals surface area contributed by atoms with Gasteiger partial charge in [-0.2, -0.15) is 4.98 Å². The summed E-state index contributed by atoms with van der Waals surface area (Å²) in [4.78, 5) is 20.6. The molecular weight excluding hydrogens is 316 g/mol. The van der Waals surface area contributed by atoms with E-state index in [2.05, 4.69) is 15.0 Å². The van der Waals surface area contributed by atoms with Gasteiger partial charge in [-0.3, -0.25) is 9.69 Å². The van der Waals surface area contributed by atoms with E-state index in [1.807, 2.05) is 24.3 Å². The van der Waals surface area contributed by atoms with E-state index in [9.17, 15) is 4.79 Å². The van der Waals surface area contributed by atoms with Crippen molar-refractivity contribution >= 4 is 5.91 Å². The number of likely N-dealkylation sites (tertiary alicyclic amines) is 1. The van der Waals surface area contributed by atoms with Crippen LogP contribution in [0.3, 0.4) is 0 Å². The van der Waals surface area contributed by atoms with Gasteiger partial charge in [0.25, 0.3) is 5.91 Å². The average Bonchev–Trinajstić information content (AvgIpc) is 3.16. The Labute approximate surface area is 147 Å². The van der Waals surface area contributed by atoms with E-state index < -0.39 is 0 Å². The van der Waals surface area contributed by atoms with E-state index in [1.54, 1.807) is 19.0 Å². The Morgan fingerprint density at radius 1 is 1.24 bits per heavy atom. The van der Waals surface area contributed by atoms with Gasteiger partial charge in [0, 0.05) is 32.1 Å². The minimum absolute atomic E-state index is 0.0324. The molecule has 1 saturated carbocycles. The maximum absolute atomic E-state index is 12.0. The zero-order valence-corrected chi connectivity index (χ0v) is 14.8. The minimum Gasteiger partial charge on any atom is -0.345 e. The fourth-order valence-corrected chi connectivity index (χ4v) is 3.43. The molecule has 2 aromatic rings. The SMILES string of the molecule is CN(C)C(=O)c1ccc(CN2CCCC2c2noc(C3CC3)n2)cc1. The van der Waals surface area contributed by atoms with Gasteiger partial charge in [-0.25, -0.2) is 0 Å². The number of carbonyl (C=O) groups excluding carboxylic acids is 1.